The van der Waals surface area contributed by atoms with Crippen LogP contribution in [0.15, 0.2) is 60.8 Å². The molecule has 3 heterocycles. The number of rotatable bonds is 6. The lowest BCUT2D eigenvalue weighted by Gasteiger charge is -2.16. The summed E-state index contributed by atoms with van der Waals surface area (Å²) in [6.45, 7) is 4.08. The van der Waals surface area contributed by atoms with E-state index in [1.165, 1.54) is 0 Å². The lowest BCUT2D eigenvalue weighted by Crippen LogP contribution is -2.19. The largest absolute Gasteiger partial charge is 0.459 e. The molecule has 9 heteroatoms. The number of nitrogens with one attached hydrogen (secondary N) is 1. The number of hydrogen-bond donors (Lipinski definition) is 1. The van der Waals surface area contributed by atoms with Gasteiger partial charge in [0.25, 0.3) is 5.91 Å². The molecule has 1 N–H and O–H groups in total. The Morgan fingerprint density at radius 1 is 1.00 bits per heavy atom. The van der Waals surface area contributed by atoms with Gasteiger partial charge >= 0.3 is 5.97 Å². The van der Waals surface area contributed by atoms with Crippen LogP contribution in [0.5, 0.6) is 0 Å². The minimum Gasteiger partial charge on any atom is -0.459 e. The van der Waals surface area contributed by atoms with Crippen molar-refractivity contribution in [3.8, 4) is 0 Å². The summed E-state index contributed by atoms with van der Waals surface area (Å²) in [6.07, 6.45) is 2.73. The third kappa shape index (κ3) is 5.10. The molecule has 0 bridgehead atoms. The molecule has 0 saturated carbocycles. The highest BCUT2D eigenvalue weighted by Crippen LogP contribution is 2.33. The number of fused-ring (bicyclic) bond motifs is 1. The van der Waals surface area contributed by atoms with Crippen molar-refractivity contribution in [3.63, 3.8) is 0 Å². The molecule has 0 spiro atoms. The number of amides is 1. The number of aryl methyl sites for hydroxylation is 2. The van der Waals surface area contributed by atoms with E-state index in [-0.39, 0.29) is 41.9 Å². The summed E-state index contributed by atoms with van der Waals surface area (Å²) in [4.78, 5) is 33.7. The number of halogens is 1. The number of hydrogen-bond acceptors (Lipinski definition) is 6. The maximum Gasteiger partial charge on any atom is 0.338 e. The Labute approximate surface area is 213 Å². The van der Waals surface area contributed by atoms with Gasteiger partial charge < -0.3 is 14.0 Å². The van der Waals surface area contributed by atoms with Crippen LogP contribution in [0.2, 0.25) is 5.15 Å². The second kappa shape index (κ2) is 10.1. The van der Waals surface area contributed by atoms with Gasteiger partial charge in [0, 0.05) is 11.8 Å². The van der Waals surface area contributed by atoms with Gasteiger partial charge in [-0.1, -0.05) is 47.0 Å². The van der Waals surface area contributed by atoms with Crippen molar-refractivity contribution in [1.29, 1.82) is 0 Å². The van der Waals surface area contributed by atoms with Crippen molar-refractivity contribution in [2.75, 3.05) is 11.9 Å². The summed E-state index contributed by atoms with van der Waals surface area (Å²) in [6, 6.07) is 16.3. The van der Waals surface area contributed by atoms with Crippen LogP contribution in [0.4, 0.5) is 5.95 Å². The first kappa shape index (κ1) is 24.0. The Bertz CT molecular complexity index is 1420. The number of nitrogens with zero attached hydrogens (tertiary/aromatic N) is 3. The van der Waals surface area contributed by atoms with Gasteiger partial charge in [-0.15, -0.1) is 0 Å². The summed E-state index contributed by atoms with van der Waals surface area (Å²) in [5.41, 5.74) is 3.70. The Hall–Kier alpha value is -3.75. The van der Waals surface area contributed by atoms with Crippen molar-refractivity contribution >= 4 is 40.5 Å². The average molecular weight is 505 g/mol. The van der Waals surface area contributed by atoms with Crippen LogP contribution in [0, 0.1) is 13.8 Å². The molecular formula is C27H25ClN4O4. The van der Waals surface area contributed by atoms with Crippen molar-refractivity contribution in [1.82, 2.24) is 14.5 Å². The van der Waals surface area contributed by atoms with E-state index in [9.17, 15) is 9.59 Å². The number of carbonyl (C=O) groups is 2. The molecule has 36 heavy (non-hydrogen) atoms. The van der Waals surface area contributed by atoms with Gasteiger partial charge in [0.15, 0.2) is 0 Å². The Morgan fingerprint density at radius 2 is 1.67 bits per heavy atom. The quantitative estimate of drug-likeness (QED) is 0.275. The zero-order valence-electron chi connectivity index (χ0n) is 19.9. The Balaban J connectivity index is 1.27. The highest BCUT2D eigenvalue weighted by Gasteiger charge is 2.29. The highest BCUT2D eigenvalue weighted by molar-refractivity contribution is 6.34. The molecule has 1 saturated heterocycles. The Morgan fingerprint density at radius 3 is 2.36 bits per heavy atom. The van der Waals surface area contributed by atoms with Crippen molar-refractivity contribution < 1.29 is 19.1 Å². The number of carbonyl (C=O) groups excluding carboxylic acids is 2. The van der Waals surface area contributed by atoms with Crippen molar-refractivity contribution in [3.05, 3.63) is 88.2 Å². The predicted octanol–water partition coefficient (Wildman–Crippen LogP) is 5.49. The van der Waals surface area contributed by atoms with Crippen molar-refractivity contribution in [2.45, 2.75) is 39.0 Å². The first-order valence-electron chi connectivity index (χ1n) is 11.7. The molecule has 2 aromatic carbocycles. The van der Waals surface area contributed by atoms with Gasteiger partial charge in [-0.05, 0) is 57.0 Å². The van der Waals surface area contributed by atoms with Crippen LogP contribution in [-0.2, 0) is 9.47 Å². The van der Waals surface area contributed by atoms with E-state index in [2.05, 4.69) is 15.3 Å². The second-order valence-electron chi connectivity index (χ2n) is 8.87. The van der Waals surface area contributed by atoms with Crippen molar-refractivity contribution in [2.24, 2.45) is 0 Å². The number of esters is 1. The number of aromatic nitrogens is 3. The van der Waals surface area contributed by atoms with Gasteiger partial charge in [-0.2, -0.15) is 9.97 Å². The molecule has 1 aliphatic rings. The summed E-state index contributed by atoms with van der Waals surface area (Å²) >= 11 is 6.40. The van der Waals surface area contributed by atoms with Gasteiger partial charge in [0.1, 0.15) is 23.6 Å². The van der Waals surface area contributed by atoms with Crippen LogP contribution in [0.1, 0.15) is 50.9 Å². The van der Waals surface area contributed by atoms with Crippen LogP contribution < -0.4 is 5.32 Å². The summed E-state index contributed by atoms with van der Waals surface area (Å²) in [7, 11) is 0. The van der Waals surface area contributed by atoms with E-state index < -0.39 is 0 Å². The molecule has 1 fully saturated rings. The van der Waals surface area contributed by atoms with Gasteiger partial charge in [0.2, 0.25) is 5.95 Å². The lowest BCUT2D eigenvalue weighted by molar-refractivity contribution is -0.0307. The fourth-order valence-electron chi connectivity index (χ4n) is 4.12. The Kier molecular flexibility index (Phi) is 6.71. The summed E-state index contributed by atoms with van der Waals surface area (Å²) in [5.74, 6) is -0.586. The van der Waals surface area contributed by atoms with Crippen LogP contribution >= 0.6 is 11.6 Å². The minimum atomic E-state index is -0.373. The molecule has 0 radical (unpaired) electrons. The smallest absolute Gasteiger partial charge is 0.338 e. The van der Waals surface area contributed by atoms with Gasteiger partial charge in [-0.25, -0.2) is 4.79 Å². The maximum atomic E-state index is 12.6. The minimum absolute atomic E-state index is 0.111. The maximum absolute atomic E-state index is 12.6. The third-order valence-electron chi connectivity index (χ3n) is 6.15. The van der Waals surface area contributed by atoms with Crippen LogP contribution in [-0.4, -0.2) is 39.1 Å². The highest BCUT2D eigenvalue weighted by atomic mass is 35.5. The van der Waals surface area contributed by atoms with E-state index in [1.807, 2.05) is 54.9 Å². The van der Waals surface area contributed by atoms with E-state index in [0.29, 0.717) is 28.6 Å². The molecule has 0 aliphatic carbocycles. The molecule has 8 nitrogen and oxygen atoms in total. The normalized spacial score (nSPS) is 17.3. The molecule has 1 aliphatic heterocycles. The van der Waals surface area contributed by atoms with Gasteiger partial charge in [0.05, 0.1) is 17.1 Å². The average Bonchev–Trinajstić information content (AvgIpc) is 3.50. The molecule has 4 aromatic rings. The summed E-state index contributed by atoms with van der Waals surface area (Å²) in [5, 5.41) is 3.61. The summed E-state index contributed by atoms with van der Waals surface area (Å²) < 4.78 is 13.5. The molecule has 2 atom stereocenters. The fourth-order valence-corrected chi connectivity index (χ4v) is 4.35. The van der Waals surface area contributed by atoms with E-state index in [4.69, 9.17) is 21.1 Å². The van der Waals surface area contributed by atoms with Crippen LogP contribution in [0.3, 0.4) is 0 Å². The van der Waals surface area contributed by atoms with Gasteiger partial charge in [-0.3, -0.25) is 10.1 Å². The lowest BCUT2D eigenvalue weighted by atomic mass is 10.1. The SMILES string of the molecule is Cc1ccc(C(=O)Nc2nc(Cl)c3ccn([C@H]4CC[C@@H](COC(=O)c5ccc(C)cc5)O4)c3n2)cc1. The molecule has 0 unspecified atom stereocenters. The first-order chi connectivity index (χ1) is 17.4. The predicted molar refractivity (Wildman–Crippen MR) is 136 cm³/mol. The second-order valence-corrected chi connectivity index (χ2v) is 9.23. The van der Waals surface area contributed by atoms with E-state index >= 15 is 0 Å². The number of ether oxygens (including phenoxy) is 2. The third-order valence-corrected chi connectivity index (χ3v) is 6.44. The molecule has 184 valence electrons. The number of benzene rings is 2. The monoisotopic (exact) mass is 504 g/mol. The molecule has 5 rings (SSSR count). The van der Waals surface area contributed by atoms with E-state index in [1.54, 1.807) is 24.3 Å². The first-order valence-corrected chi connectivity index (χ1v) is 12.1. The van der Waals surface area contributed by atoms with Crippen LogP contribution in [0.25, 0.3) is 11.0 Å². The van der Waals surface area contributed by atoms with E-state index in [0.717, 1.165) is 17.5 Å². The topological polar surface area (TPSA) is 95.3 Å². The number of anilines is 1. The fraction of sp³-hybridized carbons (Fsp3) is 0.259. The zero-order chi connectivity index (χ0) is 25.2. The molecule has 2 aromatic heterocycles. The standard InChI is InChI=1S/C27H25ClN4O4/c1-16-3-7-18(8-4-16)25(33)31-27-29-23(28)21-13-14-32(24(21)30-27)22-12-11-20(36-22)15-35-26(34)19-9-5-17(2)6-10-19/h3-10,13-14,20,22H,11-12,15H2,1-2H3,(H,29,30,31,33)/t20-,22+/m0/s1. The zero-order valence-corrected chi connectivity index (χ0v) is 20.7. The molecule has 1 amide bonds. The molecular weight excluding hydrogens is 480 g/mol.